The number of aromatic nitrogens is 1. The molecule has 0 aliphatic heterocycles. The fourth-order valence-electron chi connectivity index (χ4n) is 1.74. The van der Waals surface area contributed by atoms with Crippen LogP contribution in [0, 0.1) is 0 Å². The highest BCUT2D eigenvalue weighted by Crippen LogP contribution is 2.15. The second-order valence-corrected chi connectivity index (χ2v) is 6.92. The summed E-state index contributed by atoms with van der Waals surface area (Å²) in [6, 6.07) is 10.7. The largest absolute Gasteiger partial charge is 0.399 e. The van der Waals surface area contributed by atoms with Gasteiger partial charge in [0, 0.05) is 32.5 Å². The molecule has 0 unspecified atom stereocenters. The topological polar surface area (TPSA) is 88.3 Å². The second-order valence-electron chi connectivity index (χ2n) is 4.77. The van der Waals surface area contributed by atoms with Crippen LogP contribution in [0.25, 0.3) is 0 Å². The Balaban J connectivity index is 2.07. The minimum Gasteiger partial charge on any atom is -0.399 e. The zero-order chi connectivity index (χ0) is 15.5. The Kier molecular flexibility index (Phi) is 4.44. The van der Waals surface area contributed by atoms with Gasteiger partial charge < -0.3 is 11.1 Å². The molecule has 3 N–H and O–H groups in total. The van der Waals surface area contributed by atoms with E-state index in [-0.39, 0.29) is 4.90 Å². The van der Waals surface area contributed by atoms with Gasteiger partial charge in [0.05, 0.1) is 0 Å². The lowest BCUT2D eigenvalue weighted by molar-refractivity contribution is 0.520. The fraction of sp³-hybridized carbons (Fsp3) is 0.214. The Morgan fingerprint density at radius 1 is 1.24 bits per heavy atom. The summed E-state index contributed by atoms with van der Waals surface area (Å²) in [7, 11) is -0.465. The van der Waals surface area contributed by atoms with Crippen LogP contribution in [-0.4, -0.2) is 31.8 Å². The van der Waals surface area contributed by atoms with Crippen LogP contribution in [0.4, 0.5) is 11.5 Å². The summed E-state index contributed by atoms with van der Waals surface area (Å²) in [5.41, 5.74) is 7.44. The van der Waals surface area contributed by atoms with Gasteiger partial charge in [0.25, 0.3) is 0 Å². The maximum Gasteiger partial charge on any atom is 0.244 e. The van der Waals surface area contributed by atoms with E-state index in [0.29, 0.717) is 18.1 Å². The predicted molar refractivity (Wildman–Crippen MR) is 83.3 cm³/mol. The SMILES string of the molecule is CN(C)S(=O)(=O)c1ccc(NCc2cccc(N)c2)nc1. The number of pyridine rings is 1. The number of sulfonamides is 1. The van der Waals surface area contributed by atoms with Gasteiger partial charge in [0.1, 0.15) is 10.7 Å². The van der Waals surface area contributed by atoms with Crippen LogP contribution in [0.15, 0.2) is 47.5 Å². The van der Waals surface area contributed by atoms with Crippen molar-refractivity contribution in [1.29, 1.82) is 0 Å². The third kappa shape index (κ3) is 3.71. The number of benzene rings is 1. The molecular formula is C14H18N4O2S. The molecule has 7 heteroatoms. The maximum absolute atomic E-state index is 11.9. The van der Waals surface area contributed by atoms with Crippen molar-refractivity contribution < 1.29 is 8.42 Å². The summed E-state index contributed by atoms with van der Waals surface area (Å²) in [5.74, 6) is 0.607. The van der Waals surface area contributed by atoms with Crippen LogP contribution in [0.3, 0.4) is 0 Å². The number of nitrogens with one attached hydrogen (secondary N) is 1. The number of rotatable bonds is 5. The molecule has 1 aromatic carbocycles. The summed E-state index contributed by atoms with van der Waals surface area (Å²) < 4.78 is 25.0. The number of nitrogens with two attached hydrogens (primary N) is 1. The number of hydrogen-bond donors (Lipinski definition) is 2. The Hall–Kier alpha value is -2.12. The minimum atomic E-state index is -3.44. The first-order valence-electron chi connectivity index (χ1n) is 6.36. The van der Waals surface area contributed by atoms with Crippen LogP contribution in [0.5, 0.6) is 0 Å². The van der Waals surface area contributed by atoms with E-state index in [1.54, 1.807) is 6.07 Å². The molecule has 0 amide bonds. The zero-order valence-corrected chi connectivity index (χ0v) is 12.8. The third-order valence-corrected chi connectivity index (χ3v) is 4.74. The molecule has 0 saturated heterocycles. The molecule has 0 aliphatic carbocycles. The lowest BCUT2D eigenvalue weighted by atomic mass is 10.2. The highest BCUT2D eigenvalue weighted by atomic mass is 32.2. The Morgan fingerprint density at radius 3 is 2.57 bits per heavy atom. The molecule has 2 aromatic rings. The molecule has 2 rings (SSSR count). The summed E-state index contributed by atoms with van der Waals surface area (Å²) in [6.45, 7) is 0.567. The van der Waals surface area contributed by atoms with E-state index in [0.717, 1.165) is 9.87 Å². The molecule has 1 heterocycles. The molecule has 112 valence electrons. The molecule has 1 aromatic heterocycles. The van der Waals surface area contributed by atoms with Crippen molar-refractivity contribution in [3.8, 4) is 0 Å². The molecule has 6 nitrogen and oxygen atoms in total. The molecule has 0 bridgehead atoms. The minimum absolute atomic E-state index is 0.169. The lowest BCUT2D eigenvalue weighted by Crippen LogP contribution is -2.22. The van der Waals surface area contributed by atoms with E-state index >= 15 is 0 Å². The van der Waals surface area contributed by atoms with E-state index in [1.165, 1.54) is 26.4 Å². The highest BCUT2D eigenvalue weighted by molar-refractivity contribution is 7.89. The second kappa shape index (κ2) is 6.11. The first-order valence-corrected chi connectivity index (χ1v) is 7.80. The standard InChI is InChI=1S/C14H18N4O2S/c1-18(2)21(19,20)13-6-7-14(17-10-13)16-9-11-4-3-5-12(15)8-11/h3-8,10H,9,15H2,1-2H3,(H,16,17). The van der Waals surface area contributed by atoms with Gasteiger partial charge in [-0.2, -0.15) is 0 Å². The van der Waals surface area contributed by atoms with Crippen molar-refractivity contribution in [2.24, 2.45) is 0 Å². The molecule has 0 atom stereocenters. The Bertz CT molecular complexity index is 712. The van der Waals surface area contributed by atoms with Gasteiger partial charge in [0.15, 0.2) is 0 Å². The van der Waals surface area contributed by atoms with Gasteiger partial charge in [-0.3, -0.25) is 0 Å². The van der Waals surface area contributed by atoms with E-state index < -0.39 is 10.0 Å². The molecule has 21 heavy (non-hydrogen) atoms. The molecule has 0 aliphatic rings. The first-order chi connectivity index (χ1) is 9.89. The number of nitrogens with zero attached hydrogens (tertiary/aromatic N) is 2. The quantitative estimate of drug-likeness (QED) is 0.818. The monoisotopic (exact) mass is 306 g/mol. The Morgan fingerprint density at radius 2 is 2.00 bits per heavy atom. The molecule has 0 saturated carbocycles. The van der Waals surface area contributed by atoms with E-state index in [2.05, 4.69) is 10.3 Å². The van der Waals surface area contributed by atoms with Gasteiger partial charge in [-0.05, 0) is 29.8 Å². The number of nitrogen functional groups attached to an aromatic ring is 1. The van der Waals surface area contributed by atoms with E-state index in [9.17, 15) is 8.42 Å². The van der Waals surface area contributed by atoms with Crippen molar-refractivity contribution in [3.05, 3.63) is 48.2 Å². The summed E-state index contributed by atoms with van der Waals surface area (Å²) in [4.78, 5) is 4.29. The Labute approximate surface area is 124 Å². The van der Waals surface area contributed by atoms with Gasteiger partial charge in [0.2, 0.25) is 10.0 Å². The fourth-order valence-corrected chi connectivity index (χ4v) is 2.59. The first kappa shape index (κ1) is 15.3. The summed E-state index contributed by atoms with van der Waals surface area (Å²) in [5, 5.41) is 3.12. The molecule has 0 fully saturated rings. The van der Waals surface area contributed by atoms with Crippen molar-refractivity contribution in [1.82, 2.24) is 9.29 Å². The lowest BCUT2D eigenvalue weighted by Gasteiger charge is -2.11. The average molecular weight is 306 g/mol. The maximum atomic E-state index is 11.9. The van der Waals surface area contributed by atoms with Gasteiger partial charge in [-0.25, -0.2) is 17.7 Å². The third-order valence-electron chi connectivity index (χ3n) is 2.94. The number of hydrogen-bond acceptors (Lipinski definition) is 5. The summed E-state index contributed by atoms with van der Waals surface area (Å²) in [6.07, 6.45) is 1.34. The summed E-state index contributed by atoms with van der Waals surface area (Å²) >= 11 is 0. The van der Waals surface area contributed by atoms with Crippen LogP contribution in [0.1, 0.15) is 5.56 Å². The molecule has 0 spiro atoms. The predicted octanol–water partition coefficient (Wildman–Crippen LogP) is 1.53. The van der Waals surface area contributed by atoms with Crippen molar-refractivity contribution in [3.63, 3.8) is 0 Å². The van der Waals surface area contributed by atoms with Crippen LogP contribution in [-0.2, 0) is 16.6 Å². The average Bonchev–Trinajstić information content (AvgIpc) is 2.45. The smallest absolute Gasteiger partial charge is 0.244 e. The van der Waals surface area contributed by atoms with Crippen LogP contribution in [0.2, 0.25) is 0 Å². The van der Waals surface area contributed by atoms with Gasteiger partial charge >= 0.3 is 0 Å². The van der Waals surface area contributed by atoms with E-state index in [4.69, 9.17) is 5.73 Å². The molecule has 0 radical (unpaired) electrons. The van der Waals surface area contributed by atoms with Gasteiger partial charge in [-0.1, -0.05) is 12.1 Å². The van der Waals surface area contributed by atoms with E-state index in [1.807, 2.05) is 24.3 Å². The van der Waals surface area contributed by atoms with Crippen molar-refractivity contribution in [2.45, 2.75) is 11.4 Å². The van der Waals surface area contributed by atoms with Crippen molar-refractivity contribution in [2.75, 3.05) is 25.1 Å². The van der Waals surface area contributed by atoms with Crippen LogP contribution >= 0.6 is 0 Å². The number of anilines is 2. The van der Waals surface area contributed by atoms with Crippen LogP contribution < -0.4 is 11.1 Å². The normalized spacial score (nSPS) is 11.6. The van der Waals surface area contributed by atoms with Crippen molar-refractivity contribution >= 4 is 21.5 Å². The highest BCUT2D eigenvalue weighted by Gasteiger charge is 2.17. The zero-order valence-electron chi connectivity index (χ0n) is 11.9. The van der Waals surface area contributed by atoms with Gasteiger partial charge in [-0.15, -0.1) is 0 Å². The molecular weight excluding hydrogens is 288 g/mol.